The second kappa shape index (κ2) is 6.74. The van der Waals surface area contributed by atoms with Crippen LogP contribution in [0, 0.1) is 17.8 Å². The number of alkyl halides is 3. The zero-order valence-corrected chi connectivity index (χ0v) is 17.2. The molecule has 0 heterocycles. The Balaban J connectivity index is 1.59. The summed E-state index contributed by atoms with van der Waals surface area (Å²) in [5.41, 5.74) is -3.32. The Morgan fingerprint density at radius 1 is 0.867 bits per heavy atom. The third-order valence-electron chi connectivity index (χ3n) is 7.20. The first-order chi connectivity index (χ1) is 14.2. The van der Waals surface area contributed by atoms with E-state index >= 15 is 0 Å². The van der Waals surface area contributed by atoms with Crippen molar-refractivity contribution in [3.63, 3.8) is 0 Å². The molecule has 0 aliphatic heterocycles. The largest absolute Gasteiger partial charge is 0.534 e. The minimum Gasteiger partial charge on any atom is -0.375 e. The molecule has 0 radical (unpaired) electrons. The molecule has 0 spiro atoms. The predicted octanol–water partition coefficient (Wildman–Crippen LogP) is 6.05. The van der Waals surface area contributed by atoms with E-state index in [9.17, 15) is 21.6 Å². The highest BCUT2D eigenvalue weighted by Crippen LogP contribution is 2.61. The summed E-state index contributed by atoms with van der Waals surface area (Å²) in [5.74, 6) is 1.88. The van der Waals surface area contributed by atoms with Crippen molar-refractivity contribution in [2.24, 2.45) is 17.8 Å². The minimum absolute atomic E-state index is 0.0414. The summed E-state index contributed by atoms with van der Waals surface area (Å²) in [5, 5.41) is 0. The SMILES string of the molecule is O=S(=O)(Oc1ccc(C23CC4CC(CC(C4)C2)C3)cc1-c1ccccc1)C(F)(F)F. The molecule has 2 aromatic carbocycles. The second-order valence-electron chi connectivity index (χ2n) is 9.26. The number of benzene rings is 2. The van der Waals surface area contributed by atoms with E-state index in [1.165, 1.54) is 25.3 Å². The van der Waals surface area contributed by atoms with Crippen LogP contribution in [0.4, 0.5) is 13.2 Å². The minimum atomic E-state index is -5.74. The summed E-state index contributed by atoms with van der Waals surface area (Å²) in [6, 6.07) is 13.9. The smallest absolute Gasteiger partial charge is 0.375 e. The van der Waals surface area contributed by atoms with Gasteiger partial charge in [0.2, 0.25) is 0 Å². The number of rotatable bonds is 4. The topological polar surface area (TPSA) is 43.4 Å². The summed E-state index contributed by atoms with van der Waals surface area (Å²) >= 11 is 0. The molecule has 0 unspecified atom stereocenters. The highest BCUT2D eigenvalue weighted by molar-refractivity contribution is 7.88. The first kappa shape index (κ1) is 19.9. The van der Waals surface area contributed by atoms with Gasteiger partial charge in [-0.1, -0.05) is 36.4 Å². The monoisotopic (exact) mass is 436 g/mol. The van der Waals surface area contributed by atoms with Crippen LogP contribution in [0.3, 0.4) is 0 Å². The summed E-state index contributed by atoms with van der Waals surface area (Å²) in [6.45, 7) is 0. The molecule has 4 aliphatic rings. The Bertz CT molecular complexity index is 1030. The maximum atomic E-state index is 12.9. The Morgan fingerprint density at radius 3 is 1.97 bits per heavy atom. The van der Waals surface area contributed by atoms with Gasteiger partial charge in [-0.05, 0) is 85.0 Å². The molecule has 30 heavy (non-hydrogen) atoms. The summed E-state index contributed by atoms with van der Waals surface area (Å²) in [7, 11) is -5.74. The molecule has 6 rings (SSSR count). The lowest BCUT2D eigenvalue weighted by Crippen LogP contribution is -2.48. The van der Waals surface area contributed by atoms with E-state index in [0.717, 1.165) is 42.6 Å². The van der Waals surface area contributed by atoms with Crippen molar-refractivity contribution in [2.75, 3.05) is 0 Å². The molecule has 0 N–H and O–H groups in total. The van der Waals surface area contributed by atoms with Crippen LogP contribution in [0.25, 0.3) is 11.1 Å². The Morgan fingerprint density at radius 2 is 1.43 bits per heavy atom. The number of hydrogen-bond donors (Lipinski definition) is 0. The van der Waals surface area contributed by atoms with Crippen molar-refractivity contribution < 1.29 is 25.8 Å². The Kier molecular flexibility index (Phi) is 4.47. The average molecular weight is 436 g/mol. The van der Waals surface area contributed by atoms with E-state index < -0.39 is 15.6 Å². The normalized spacial score (nSPS) is 30.4. The Labute approximate surface area is 174 Å². The lowest BCUT2D eigenvalue weighted by molar-refractivity contribution is -0.0499. The van der Waals surface area contributed by atoms with Crippen molar-refractivity contribution in [3.05, 3.63) is 54.1 Å². The van der Waals surface area contributed by atoms with E-state index in [1.807, 2.05) is 6.07 Å². The summed E-state index contributed by atoms with van der Waals surface area (Å²) in [6.07, 6.45) is 7.18. The quantitative estimate of drug-likeness (QED) is 0.433. The average Bonchev–Trinajstić information content (AvgIpc) is 2.67. The maximum Gasteiger partial charge on any atom is 0.534 e. The molecule has 0 atom stereocenters. The van der Waals surface area contributed by atoms with Crippen molar-refractivity contribution in [3.8, 4) is 16.9 Å². The number of halogens is 3. The molecule has 0 aromatic heterocycles. The molecular formula is C23H23F3O3S. The van der Waals surface area contributed by atoms with Crippen LogP contribution < -0.4 is 4.18 Å². The van der Waals surface area contributed by atoms with Crippen molar-refractivity contribution >= 4 is 10.1 Å². The van der Waals surface area contributed by atoms with Crippen LogP contribution in [0.5, 0.6) is 5.75 Å². The van der Waals surface area contributed by atoms with Crippen LogP contribution in [-0.2, 0) is 15.5 Å². The van der Waals surface area contributed by atoms with Gasteiger partial charge in [-0.25, -0.2) is 0 Å². The van der Waals surface area contributed by atoms with Gasteiger partial charge in [0.05, 0.1) is 0 Å². The van der Waals surface area contributed by atoms with E-state index in [0.29, 0.717) is 11.1 Å². The van der Waals surface area contributed by atoms with Gasteiger partial charge in [-0.2, -0.15) is 21.6 Å². The number of hydrogen-bond acceptors (Lipinski definition) is 3. The van der Waals surface area contributed by atoms with Crippen molar-refractivity contribution in [1.82, 2.24) is 0 Å². The maximum absolute atomic E-state index is 12.9. The van der Waals surface area contributed by atoms with E-state index in [4.69, 9.17) is 0 Å². The molecule has 4 fully saturated rings. The predicted molar refractivity (Wildman–Crippen MR) is 107 cm³/mol. The first-order valence-corrected chi connectivity index (χ1v) is 11.8. The van der Waals surface area contributed by atoms with Crippen molar-refractivity contribution in [1.29, 1.82) is 0 Å². The zero-order valence-electron chi connectivity index (χ0n) is 16.4. The molecule has 0 saturated heterocycles. The lowest BCUT2D eigenvalue weighted by Gasteiger charge is -2.57. The Hall–Kier alpha value is -2.02. The standard InChI is InChI=1S/C23H23F3O3S/c24-23(25,26)30(27,28)29-21-7-6-19(11-20(21)18-4-2-1-3-5-18)22-12-15-8-16(13-22)10-17(9-15)14-22/h1-7,11,15-17H,8-10,12-14H2. The fourth-order valence-corrected chi connectivity index (χ4v) is 6.88. The fourth-order valence-electron chi connectivity index (χ4n) is 6.41. The van der Waals surface area contributed by atoms with Crippen LogP contribution in [0.2, 0.25) is 0 Å². The van der Waals surface area contributed by atoms with Gasteiger partial charge in [0, 0.05) is 5.56 Å². The highest BCUT2D eigenvalue weighted by Gasteiger charge is 2.52. The van der Waals surface area contributed by atoms with E-state index in [2.05, 4.69) is 4.18 Å². The first-order valence-electron chi connectivity index (χ1n) is 10.4. The van der Waals surface area contributed by atoms with E-state index in [-0.39, 0.29) is 11.2 Å². The van der Waals surface area contributed by atoms with Crippen LogP contribution >= 0.6 is 0 Å². The van der Waals surface area contributed by atoms with Crippen LogP contribution in [-0.4, -0.2) is 13.9 Å². The second-order valence-corrected chi connectivity index (χ2v) is 10.8. The molecule has 0 amide bonds. The van der Waals surface area contributed by atoms with Gasteiger partial charge in [0.25, 0.3) is 0 Å². The molecule has 4 aliphatic carbocycles. The zero-order chi connectivity index (χ0) is 21.1. The van der Waals surface area contributed by atoms with Gasteiger partial charge in [0.15, 0.2) is 5.75 Å². The molecule has 4 saturated carbocycles. The van der Waals surface area contributed by atoms with Gasteiger partial charge in [-0.3, -0.25) is 0 Å². The molecule has 160 valence electrons. The van der Waals surface area contributed by atoms with Gasteiger partial charge in [0.1, 0.15) is 0 Å². The third-order valence-corrected chi connectivity index (χ3v) is 8.16. The van der Waals surface area contributed by atoms with Gasteiger partial charge < -0.3 is 4.18 Å². The third kappa shape index (κ3) is 3.31. The molecule has 3 nitrogen and oxygen atoms in total. The van der Waals surface area contributed by atoms with Gasteiger partial charge in [-0.15, -0.1) is 0 Å². The van der Waals surface area contributed by atoms with Crippen LogP contribution in [0.1, 0.15) is 44.1 Å². The van der Waals surface area contributed by atoms with Crippen LogP contribution in [0.15, 0.2) is 48.5 Å². The molecule has 7 heteroatoms. The molecule has 4 bridgehead atoms. The summed E-state index contributed by atoms with van der Waals surface area (Å²) < 4.78 is 66.7. The van der Waals surface area contributed by atoms with Crippen molar-refractivity contribution in [2.45, 2.75) is 49.4 Å². The molecular weight excluding hydrogens is 413 g/mol. The van der Waals surface area contributed by atoms with Gasteiger partial charge >= 0.3 is 15.6 Å². The summed E-state index contributed by atoms with van der Waals surface area (Å²) in [4.78, 5) is 0. The highest BCUT2D eigenvalue weighted by atomic mass is 32.2. The molecule has 2 aromatic rings. The van der Waals surface area contributed by atoms with E-state index in [1.54, 1.807) is 36.4 Å². The fraction of sp³-hybridized carbons (Fsp3) is 0.478. The lowest BCUT2D eigenvalue weighted by atomic mass is 9.48.